The molecule has 0 aliphatic heterocycles. The number of nitrogens with one attached hydrogen (secondary N) is 1. The van der Waals surface area contributed by atoms with Crippen molar-refractivity contribution in [3.63, 3.8) is 0 Å². The van der Waals surface area contributed by atoms with Crippen LogP contribution in [0.4, 0.5) is 8.78 Å². The van der Waals surface area contributed by atoms with Crippen molar-refractivity contribution in [3.05, 3.63) is 71.3 Å². The molecule has 1 unspecified atom stereocenters. The molecule has 2 N–H and O–H groups in total. The van der Waals surface area contributed by atoms with Crippen LogP contribution in [0.1, 0.15) is 17.2 Å². The van der Waals surface area contributed by atoms with Crippen molar-refractivity contribution in [1.82, 2.24) is 4.72 Å². The van der Waals surface area contributed by atoms with E-state index < -0.39 is 45.6 Å². The van der Waals surface area contributed by atoms with E-state index in [4.69, 9.17) is 0 Å². The second kappa shape index (κ2) is 6.95. The van der Waals surface area contributed by atoms with E-state index in [2.05, 4.69) is 4.72 Å². The molecule has 0 radical (unpaired) electrons. The maximum Gasteiger partial charge on any atom is 0.216 e. The number of aliphatic hydroxyl groups is 1. The zero-order chi connectivity index (χ0) is 16.2. The summed E-state index contributed by atoms with van der Waals surface area (Å²) in [6, 6.07) is 10.7. The Bertz CT molecular complexity index is 715. The van der Waals surface area contributed by atoms with Crippen molar-refractivity contribution in [1.29, 1.82) is 0 Å². The minimum absolute atomic E-state index is 0.469. The highest BCUT2D eigenvalue weighted by molar-refractivity contribution is 7.88. The van der Waals surface area contributed by atoms with E-state index >= 15 is 0 Å². The van der Waals surface area contributed by atoms with E-state index in [0.29, 0.717) is 5.56 Å². The molecule has 0 heterocycles. The van der Waals surface area contributed by atoms with Gasteiger partial charge in [0.05, 0.1) is 18.4 Å². The Morgan fingerprint density at radius 3 is 2.14 bits per heavy atom. The van der Waals surface area contributed by atoms with Crippen LogP contribution in [0.3, 0.4) is 0 Å². The molecule has 0 aliphatic rings. The summed E-state index contributed by atoms with van der Waals surface area (Å²) < 4.78 is 53.5. The van der Waals surface area contributed by atoms with Crippen LogP contribution in [-0.4, -0.2) is 20.1 Å². The molecule has 7 heteroatoms. The number of hydrogen-bond donors (Lipinski definition) is 2. The Hall–Kier alpha value is -1.83. The summed E-state index contributed by atoms with van der Waals surface area (Å²) in [5.41, 5.74) is 0.0299. The normalized spacial score (nSPS) is 13.0. The molecule has 4 nitrogen and oxygen atoms in total. The van der Waals surface area contributed by atoms with Gasteiger partial charge in [-0.25, -0.2) is 21.9 Å². The first-order chi connectivity index (χ1) is 10.4. The van der Waals surface area contributed by atoms with Gasteiger partial charge in [-0.05, 0) is 17.7 Å². The van der Waals surface area contributed by atoms with Crippen LogP contribution < -0.4 is 4.72 Å². The number of halogens is 2. The largest absolute Gasteiger partial charge is 0.394 e. The zero-order valence-corrected chi connectivity index (χ0v) is 12.4. The Labute approximate surface area is 127 Å². The molecular weight excluding hydrogens is 312 g/mol. The van der Waals surface area contributed by atoms with E-state index in [0.717, 1.165) is 18.2 Å². The number of sulfonamides is 1. The highest BCUT2D eigenvalue weighted by Crippen LogP contribution is 2.18. The number of benzene rings is 2. The van der Waals surface area contributed by atoms with Crippen LogP contribution in [0.2, 0.25) is 0 Å². The van der Waals surface area contributed by atoms with Gasteiger partial charge < -0.3 is 5.11 Å². The lowest BCUT2D eigenvalue weighted by Gasteiger charge is -2.17. The van der Waals surface area contributed by atoms with Crippen molar-refractivity contribution in [2.24, 2.45) is 0 Å². The molecule has 0 saturated carbocycles. The van der Waals surface area contributed by atoms with Gasteiger partial charge in [-0.2, -0.15) is 0 Å². The van der Waals surface area contributed by atoms with Gasteiger partial charge in [0.2, 0.25) is 10.0 Å². The van der Waals surface area contributed by atoms with Crippen LogP contribution in [0.5, 0.6) is 0 Å². The van der Waals surface area contributed by atoms with Crippen molar-refractivity contribution < 1.29 is 22.3 Å². The summed E-state index contributed by atoms with van der Waals surface area (Å²) in [6.07, 6.45) is 0. The lowest BCUT2D eigenvalue weighted by Crippen LogP contribution is -2.32. The number of aliphatic hydroxyl groups excluding tert-OH is 1. The average molecular weight is 327 g/mol. The van der Waals surface area contributed by atoms with Gasteiger partial charge in [-0.1, -0.05) is 36.4 Å². The lowest BCUT2D eigenvalue weighted by molar-refractivity contribution is 0.259. The van der Waals surface area contributed by atoms with E-state index in [-0.39, 0.29) is 0 Å². The minimum atomic E-state index is -4.03. The molecule has 0 bridgehead atoms. The van der Waals surface area contributed by atoms with Gasteiger partial charge in [0.15, 0.2) is 0 Å². The van der Waals surface area contributed by atoms with Crippen molar-refractivity contribution >= 4 is 10.0 Å². The number of hydrogen-bond acceptors (Lipinski definition) is 3. The second-order valence-electron chi connectivity index (χ2n) is 4.72. The van der Waals surface area contributed by atoms with Crippen molar-refractivity contribution in [2.75, 3.05) is 6.61 Å². The number of rotatable bonds is 6. The maximum atomic E-state index is 13.5. The summed E-state index contributed by atoms with van der Waals surface area (Å²) in [7, 11) is -4.03. The topological polar surface area (TPSA) is 66.4 Å². The first kappa shape index (κ1) is 16.5. The molecule has 22 heavy (non-hydrogen) atoms. The van der Waals surface area contributed by atoms with Gasteiger partial charge in [0.25, 0.3) is 0 Å². The fourth-order valence-electron chi connectivity index (χ4n) is 2.01. The highest BCUT2D eigenvalue weighted by atomic mass is 32.2. The van der Waals surface area contributed by atoms with Crippen LogP contribution in [0, 0.1) is 11.6 Å². The molecule has 0 aromatic heterocycles. The molecule has 0 spiro atoms. The lowest BCUT2D eigenvalue weighted by atomic mass is 10.1. The highest BCUT2D eigenvalue weighted by Gasteiger charge is 2.22. The molecule has 2 aromatic carbocycles. The van der Waals surface area contributed by atoms with Crippen LogP contribution in [0.15, 0.2) is 48.5 Å². The summed E-state index contributed by atoms with van der Waals surface area (Å²) in [5.74, 6) is -2.69. The Kier molecular flexibility index (Phi) is 5.23. The fourth-order valence-corrected chi connectivity index (χ4v) is 3.40. The van der Waals surface area contributed by atoms with Gasteiger partial charge >= 0.3 is 0 Å². The molecular formula is C15H15F2NO3S. The van der Waals surface area contributed by atoms with Crippen LogP contribution in [0.25, 0.3) is 0 Å². The Morgan fingerprint density at radius 2 is 1.59 bits per heavy atom. The molecule has 118 valence electrons. The standard InChI is InChI=1S/C15H15F2NO3S/c16-13-7-4-8-14(17)12(13)10-22(20,21)18-15(9-19)11-5-2-1-3-6-11/h1-8,15,18-19H,9-10H2. The van der Waals surface area contributed by atoms with E-state index in [1.54, 1.807) is 30.3 Å². The molecule has 0 aliphatic carbocycles. The van der Waals surface area contributed by atoms with Crippen LogP contribution in [-0.2, 0) is 15.8 Å². The smallest absolute Gasteiger partial charge is 0.216 e. The third kappa shape index (κ3) is 4.09. The summed E-state index contributed by atoms with van der Waals surface area (Å²) in [5, 5.41) is 9.34. The Morgan fingerprint density at radius 1 is 1.00 bits per heavy atom. The molecule has 0 amide bonds. The minimum Gasteiger partial charge on any atom is -0.394 e. The van der Waals surface area contributed by atoms with E-state index in [1.165, 1.54) is 0 Å². The van der Waals surface area contributed by atoms with Crippen molar-refractivity contribution in [3.8, 4) is 0 Å². The second-order valence-corrected chi connectivity index (χ2v) is 6.48. The molecule has 0 fully saturated rings. The summed E-state index contributed by atoms with van der Waals surface area (Å²) in [6.45, 7) is -0.469. The van der Waals surface area contributed by atoms with Crippen molar-refractivity contribution in [2.45, 2.75) is 11.8 Å². The Balaban J connectivity index is 2.20. The summed E-state index contributed by atoms with van der Waals surface area (Å²) >= 11 is 0. The van der Waals surface area contributed by atoms with Gasteiger partial charge in [0.1, 0.15) is 11.6 Å². The monoisotopic (exact) mass is 327 g/mol. The van der Waals surface area contributed by atoms with Gasteiger partial charge in [-0.15, -0.1) is 0 Å². The average Bonchev–Trinajstić information content (AvgIpc) is 2.50. The first-order valence-corrected chi connectivity index (χ1v) is 8.17. The SMILES string of the molecule is O=S(=O)(Cc1c(F)cccc1F)NC(CO)c1ccccc1. The summed E-state index contributed by atoms with van der Waals surface area (Å²) in [4.78, 5) is 0. The predicted octanol–water partition coefficient (Wildman–Crippen LogP) is 2.12. The van der Waals surface area contributed by atoms with Crippen LogP contribution >= 0.6 is 0 Å². The molecule has 1 atom stereocenters. The van der Waals surface area contributed by atoms with E-state index in [1.807, 2.05) is 0 Å². The zero-order valence-electron chi connectivity index (χ0n) is 11.5. The van der Waals surface area contributed by atoms with Gasteiger partial charge in [0, 0.05) is 5.56 Å². The third-order valence-electron chi connectivity index (χ3n) is 3.10. The molecule has 2 aromatic rings. The maximum absolute atomic E-state index is 13.5. The third-order valence-corrected chi connectivity index (χ3v) is 4.41. The quantitative estimate of drug-likeness (QED) is 0.854. The molecule has 0 saturated heterocycles. The molecule has 2 rings (SSSR count). The fraction of sp³-hybridized carbons (Fsp3) is 0.200. The predicted molar refractivity (Wildman–Crippen MR) is 78.4 cm³/mol. The first-order valence-electron chi connectivity index (χ1n) is 6.51. The van der Waals surface area contributed by atoms with E-state index in [9.17, 15) is 22.3 Å². The van der Waals surface area contributed by atoms with Gasteiger partial charge in [-0.3, -0.25) is 0 Å².